The van der Waals surface area contributed by atoms with Gasteiger partial charge in [-0.25, -0.2) is 0 Å². The molecule has 1 unspecified atom stereocenters. The molecule has 2 aliphatic carbocycles. The molecule has 88 valence electrons. The van der Waals surface area contributed by atoms with Gasteiger partial charge in [0.05, 0.1) is 0 Å². The van der Waals surface area contributed by atoms with Crippen molar-refractivity contribution in [2.45, 2.75) is 64.0 Å². The molecule has 0 radical (unpaired) electrons. The van der Waals surface area contributed by atoms with Crippen LogP contribution in [0.4, 0.5) is 0 Å². The van der Waals surface area contributed by atoms with Crippen molar-refractivity contribution in [2.24, 2.45) is 11.7 Å². The molecule has 0 spiro atoms. The van der Waals surface area contributed by atoms with Gasteiger partial charge in [-0.1, -0.05) is 19.8 Å². The lowest BCUT2D eigenvalue weighted by Crippen LogP contribution is -2.56. The summed E-state index contributed by atoms with van der Waals surface area (Å²) in [6.45, 7) is 6.71. The lowest BCUT2D eigenvalue weighted by Gasteiger charge is -2.44. The fraction of sp³-hybridized carbons (Fsp3) is 1.00. The van der Waals surface area contributed by atoms with Crippen molar-refractivity contribution >= 4 is 0 Å². The van der Waals surface area contributed by atoms with Gasteiger partial charge in [0.15, 0.2) is 0 Å². The van der Waals surface area contributed by atoms with Crippen LogP contribution >= 0.6 is 0 Å². The van der Waals surface area contributed by atoms with E-state index in [1.165, 1.54) is 45.1 Å². The van der Waals surface area contributed by atoms with Gasteiger partial charge in [-0.2, -0.15) is 0 Å². The zero-order chi connectivity index (χ0) is 10.9. The molecule has 2 nitrogen and oxygen atoms in total. The topological polar surface area (TPSA) is 29.3 Å². The molecule has 0 aliphatic heterocycles. The monoisotopic (exact) mass is 210 g/mol. The Morgan fingerprint density at radius 3 is 2.20 bits per heavy atom. The summed E-state index contributed by atoms with van der Waals surface area (Å²) in [6.07, 6.45) is 8.44. The first-order chi connectivity index (χ1) is 7.22. The van der Waals surface area contributed by atoms with E-state index >= 15 is 0 Å². The maximum atomic E-state index is 6.05. The Morgan fingerprint density at radius 2 is 1.80 bits per heavy atom. The van der Waals surface area contributed by atoms with E-state index < -0.39 is 0 Å². The molecular formula is C13H26N2. The van der Waals surface area contributed by atoms with Crippen LogP contribution in [0.2, 0.25) is 0 Å². The summed E-state index contributed by atoms with van der Waals surface area (Å²) < 4.78 is 0. The molecule has 2 N–H and O–H groups in total. The van der Waals surface area contributed by atoms with E-state index in [0.29, 0.717) is 5.54 Å². The molecule has 0 aromatic heterocycles. The quantitative estimate of drug-likeness (QED) is 0.755. The molecule has 0 saturated heterocycles. The maximum absolute atomic E-state index is 6.05. The molecule has 2 saturated carbocycles. The second-order valence-electron chi connectivity index (χ2n) is 5.56. The molecule has 2 rings (SSSR count). The summed E-state index contributed by atoms with van der Waals surface area (Å²) in [4.78, 5) is 2.72. The van der Waals surface area contributed by atoms with Crippen molar-refractivity contribution < 1.29 is 0 Å². The van der Waals surface area contributed by atoms with Gasteiger partial charge in [0.1, 0.15) is 0 Å². The SMILES string of the molecule is CCN(C1CCCC1)C(C)(CN)C1CC1. The Hall–Kier alpha value is -0.0800. The van der Waals surface area contributed by atoms with E-state index in [1.807, 2.05) is 0 Å². The number of nitrogens with zero attached hydrogens (tertiary/aromatic N) is 1. The predicted molar refractivity (Wildman–Crippen MR) is 64.8 cm³/mol. The first-order valence-electron chi connectivity index (χ1n) is 6.69. The summed E-state index contributed by atoms with van der Waals surface area (Å²) in [5.41, 5.74) is 6.35. The van der Waals surface area contributed by atoms with Gasteiger partial charge in [-0.05, 0) is 45.1 Å². The third-order valence-electron chi connectivity index (χ3n) is 4.63. The minimum atomic E-state index is 0.295. The molecule has 0 amide bonds. The minimum absolute atomic E-state index is 0.295. The van der Waals surface area contributed by atoms with E-state index in [1.54, 1.807) is 0 Å². The number of rotatable bonds is 5. The van der Waals surface area contributed by atoms with Crippen LogP contribution in [0.1, 0.15) is 52.4 Å². The molecule has 0 aromatic carbocycles. The zero-order valence-electron chi connectivity index (χ0n) is 10.3. The van der Waals surface area contributed by atoms with Crippen molar-refractivity contribution in [1.29, 1.82) is 0 Å². The summed E-state index contributed by atoms with van der Waals surface area (Å²) in [5, 5.41) is 0. The molecule has 0 heterocycles. The highest BCUT2D eigenvalue weighted by atomic mass is 15.2. The van der Waals surface area contributed by atoms with Gasteiger partial charge in [0.2, 0.25) is 0 Å². The van der Waals surface area contributed by atoms with Crippen LogP contribution < -0.4 is 5.73 Å². The van der Waals surface area contributed by atoms with Crippen molar-refractivity contribution in [3.63, 3.8) is 0 Å². The summed E-state index contributed by atoms with van der Waals surface area (Å²) in [6, 6.07) is 0.823. The Bertz CT molecular complexity index is 207. The molecule has 0 aromatic rings. The molecule has 1 atom stereocenters. The van der Waals surface area contributed by atoms with Gasteiger partial charge in [0.25, 0.3) is 0 Å². The third-order valence-corrected chi connectivity index (χ3v) is 4.63. The number of nitrogens with two attached hydrogens (primary N) is 1. The molecular weight excluding hydrogens is 184 g/mol. The second-order valence-corrected chi connectivity index (χ2v) is 5.56. The number of hydrogen-bond acceptors (Lipinski definition) is 2. The zero-order valence-corrected chi connectivity index (χ0v) is 10.3. The molecule has 2 heteroatoms. The highest BCUT2D eigenvalue weighted by Gasteiger charge is 2.46. The molecule has 15 heavy (non-hydrogen) atoms. The largest absolute Gasteiger partial charge is 0.329 e. The van der Waals surface area contributed by atoms with E-state index in [0.717, 1.165) is 18.5 Å². The normalized spacial score (nSPS) is 27.2. The van der Waals surface area contributed by atoms with E-state index in [2.05, 4.69) is 18.7 Å². The van der Waals surface area contributed by atoms with Crippen molar-refractivity contribution in [1.82, 2.24) is 4.90 Å². The average molecular weight is 210 g/mol. The standard InChI is InChI=1S/C13H26N2/c1-3-15(12-6-4-5-7-12)13(2,10-14)11-8-9-11/h11-12H,3-10,14H2,1-2H3. The summed E-state index contributed by atoms with van der Waals surface area (Å²) in [7, 11) is 0. The van der Waals surface area contributed by atoms with Crippen LogP contribution in [0.25, 0.3) is 0 Å². The highest BCUT2D eigenvalue weighted by molar-refractivity contribution is 5.02. The van der Waals surface area contributed by atoms with Crippen molar-refractivity contribution in [3.05, 3.63) is 0 Å². The van der Waals surface area contributed by atoms with Gasteiger partial charge in [0, 0.05) is 18.1 Å². The smallest absolute Gasteiger partial charge is 0.0334 e. The van der Waals surface area contributed by atoms with Gasteiger partial charge < -0.3 is 5.73 Å². The maximum Gasteiger partial charge on any atom is 0.0334 e. The van der Waals surface area contributed by atoms with Crippen LogP contribution in [-0.2, 0) is 0 Å². The van der Waals surface area contributed by atoms with Crippen molar-refractivity contribution in [3.8, 4) is 0 Å². The fourth-order valence-corrected chi connectivity index (χ4v) is 3.48. The molecule has 2 fully saturated rings. The van der Waals surface area contributed by atoms with Gasteiger partial charge >= 0.3 is 0 Å². The summed E-state index contributed by atoms with van der Waals surface area (Å²) in [5.74, 6) is 0.878. The van der Waals surface area contributed by atoms with Crippen LogP contribution in [0, 0.1) is 5.92 Å². The molecule has 2 aliphatic rings. The van der Waals surface area contributed by atoms with Gasteiger partial charge in [-0.3, -0.25) is 4.90 Å². The molecule has 0 bridgehead atoms. The van der Waals surface area contributed by atoms with E-state index in [-0.39, 0.29) is 0 Å². The van der Waals surface area contributed by atoms with Crippen LogP contribution in [0.5, 0.6) is 0 Å². The third kappa shape index (κ3) is 2.07. The lowest BCUT2D eigenvalue weighted by atomic mass is 9.91. The summed E-state index contributed by atoms with van der Waals surface area (Å²) >= 11 is 0. The number of likely N-dealkylation sites (N-methyl/N-ethyl adjacent to an activating group) is 1. The Morgan fingerprint density at radius 1 is 1.20 bits per heavy atom. The Balaban J connectivity index is 2.08. The minimum Gasteiger partial charge on any atom is -0.329 e. The lowest BCUT2D eigenvalue weighted by molar-refractivity contribution is 0.0512. The second kappa shape index (κ2) is 4.42. The van der Waals surface area contributed by atoms with E-state index in [4.69, 9.17) is 5.73 Å². The highest BCUT2D eigenvalue weighted by Crippen LogP contribution is 2.44. The van der Waals surface area contributed by atoms with Crippen LogP contribution in [0.3, 0.4) is 0 Å². The first-order valence-corrected chi connectivity index (χ1v) is 6.69. The Labute approximate surface area is 94.2 Å². The average Bonchev–Trinajstić information content (AvgIpc) is 2.99. The predicted octanol–water partition coefficient (Wildman–Crippen LogP) is 2.38. The van der Waals surface area contributed by atoms with Gasteiger partial charge in [-0.15, -0.1) is 0 Å². The van der Waals surface area contributed by atoms with Crippen LogP contribution in [-0.4, -0.2) is 29.6 Å². The Kier molecular flexibility index (Phi) is 3.36. The van der Waals surface area contributed by atoms with Crippen molar-refractivity contribution in [2.75, 3.05) is 13.1 Å². The fourth-order valence-electron chi connectivity index (χ4n) is 3.48. The first kappa shape index (κ1) is 11.4. The number of hydrogen-bond donors (Lipinski definition) is 1. The van der Waals surface area contributed by atoms with E-state index in [9.17, 15) is 0 Å². The van der Waals surface area contributed by atoms with Crippen LogP contribution in [0.15, 0.2) is 0 Å².